The molecule has 0 atom stereocenters. The third-order valence-electron chi connectivity index (χ3n) is 21.6. The van der Waals surface area contributed by atoms with Crippen molar-refractivity contribution in [3.8, 4) is 123 Å². The first-order valence-electron chi connectivity index (χ1n) is 40.1. The van der Waals surface area contributed by atoms with E-state index >= 15 is 0 Å². The third kappa shape index (κ3) is 18.1. The van der Waals surface area contributed by atoms with E-state index in [1.807, 2.05) is 109 Å². The van der Waals surface area contributed by atoms with Gasteiger partial charge in [0.2, 0.25) is 0 Å². The lowest BCUT2D eigenvalue weighted by Gasteiger charge is -2.15. The summed E-state index contributed by atoms with van der Waals surface area (Å²) in [6, 6.07) is 62.1. The number of nitrogen functional groups attached to an aromatic ring is 2. The first-order chi connectivity index (χ1) is 62.4. The van der Waals surface area contributed by atoms with Crippen LogP contribution in [-0.2, 0) is 24.1 Å². The van der Waals surface area contributed by atoms with E-state index in [2.05, 4.69) is 105 Å². The molecule has 0 saturated heterocycles. The van der Waals surface area contributed by atoms with Crippen LogP contribution in [0.4, 0.5) is 29.2 Å². The Morgan fingerprint density at radius 3 is 1.18 bits per heavy atom. The molecule has 20 aromatic rings. The molecule has 15 heterocycles. The second-order valence-electron chi connectivity index (χ2n) is 29.8. The topological polar surface area (TPSA) is 288 Å². The van der Waals surface area contributed by atoms with Gasteiger partial charge in [0.05, 0.1) is 28.5 Å². The zero-order chi connectivity index (χ0) is 88.1. The van der Waals surface area contributed by atoms with E-state index in [4.69, 9.17) is 63.6 Å². The lowest BCUT2D eigenvalue weighted by Crippen LogP contribution is -2.14. The van der Waals surface area contributed by atoms with Crippen molar-refractivity contribution in [2.45, 2.75) is 25.7 Å². The van der Waals surface area contributed by atoms with E-state index in [1.54, 1.807) is 117 Å². The van der Waals surface area contributed by atoms with E-state index in [9.17, 15) is 22.4 Å². The highest BCUT2D eigenvalue weighted by atomic mass is 35.5. The monoisotopic (exact) mass is 1760 g/mol. The van der Waals surface area contributed by atoms with Crippen LogP contribution in [-0.4, -0.2) is 87.1 Å². The molecule has 0 fully saturated rings. The molecule has 128 heavy (non-hydrogen) atoms. The quantitative estimate of drug-likeness (QED) is 0.0904. The molecule has 27 heteroatoms. The van der Waals surface area contributed by atoms with Gasteiger partial charge in [0, 0.05) is 225 Å². The van der Waals surface area contributed by atoms with Crippen LogP contribution in [0, 0.1) is 23.3 Å². The van der Waals surface area contributed by atoms with Crippen molar-refractivity contribution < 1.29 is 22.4 Å². The molecule has 1 aliphatic rings. The van der Waals surface area contributed by atoms with E-state index in [1.165, 1.54) is 54.1 Å². The van der Waals surface area contributed by atoms with Crippen molar-refractivity contribution in [3.05, 3.63) is 365 Å². The molecule has 0 aliphatic heterocycles. The largest absolute Gasteiger partial charge is 0.384 e. The Morgan fingerprint density at radius 1 is 0.305 bits per heavy atom. The molecular weight excluding hydrogens is 1700 g/mol. The second kappa shape index (κ2) is 36.9. The van der Waals surface area contributed by atoms with E-state index < -0.39 is 23.3 Å². The first kappa shape index (κ1) is 83.6. The molecule has 0 radical (unpaired) electrons. The molecular formula is C101H66Cl4F4N18O. The molecule has 21 rings (SSSR count). The lowest BCUT2D eigenvalue weighted by atomic mass is 9.92. The molecule has 0 unspecified atom stereocenters. The predicted molar refractivity (Wildman–Crippen MR) is 499 cm³/mol. The second-order valence-corrected chi connectivity index (χ2v) is 31.6. The van der Waals surface area contributed by atoms with Crippen LogP contribution in [0.1, 0.15) is 23.2 Å². The van der Waals surface area contributed by atoms with E-state index in [-0.39, 0.29) is 5.78 Å². The summed E-state index contributed by atoms with van der Waals surface area (Å²) in [6.45, 7) is 0.598. The molecule has 0 amide bonds. The highest BCUT2D eigenvalue weighted by molar-refractivity contribution is 6.32. The maximum atomic E-state index is 14.7. The van der Waals surface area contributed by atoms with Gasteiger partial charge in [-0.2, -0.15) is 0 Å². The molecule has 15 aromatic heterocycles. The highest BCUT2D eigenvalue weighted by Crippen LogP contribution is 2.42. The van der Waals surface area contributed by atoms with Crippen molar-refractivity contribution in [2.75, 3.05) is 18.0 Å². The molecule has 622 valence electrons. The maximum Gasteiger partial charge on any atom is 0.160 e. The predicted octanol–water partition coefficient (Wildman–Crippen LogP) is 23.7. The van der Waals surface area contributed by atoms with Crippen molar-refractivity contribution in [1.29, 1.82) is 0 Å². The summed E-state index contributed by atoms with van der Waals surface area (Å²) in [5.41, 5.74) is 38.1. The number of anilines is 2. The van der Waals surface area contributed by atoms with Crippen LogP contribution in [0.2, 0.25) is 20.1 Å². The fraction of sp³-hybridized carbons (Fsp3) is 0.0495. The number of carbonyl (C=O) groups is 1. The summed E-state index contributed by atoms with van der Waals surface area (Å²) in [5.74, 6) is -0.538. The Balaban J connectivity index is 0.000000116. The van der Waals surface area contributed by atoms with Crippen LogP contribution in [0.3, 0.4) is 0 Å². The minimum absolute atomic E-state index is 0.228. The van der Waals surface area contributed by atoms with Crippen LogP contribution in [0.5, 0.6) is 0 Å². The van der Waals surface area contributed by atoms with Crippen molar-refractivity contribution in [2.24, 2.45) is 5.73 Å². The Bertz CT molecular complexity index is 7730. The molecule has 6 N–H and O–H groups in total. The number of nitrogens with two attached hydrogens (primary N) is 3. The lowest BCUT2D eigenvalue weighted by molar-refractivity contribution is -0.118. The summed E-state index contributed by atoms with van der Waals surface area (Å²) < 4.78 is 58.4. The Kier molecular flexibility index (Phi) is 24.1. The third-order valence-corrected chi connectivity index (χ3v) is 22.5. The SMILES string of the molecule is NCCc1cccc(-c2cncc(-c3cc(-c4cc(Cl)ccc4F)nc4ncccc34)c2)c1.Nc1ccc(-c2cncc(-c3cc(-c4cc(Cl)ccc4F)nc4ncccc34)c2)cn1.Nc1ncc(-c2cc(-c3cc(Cl)ccc3F)nc3ncccc23)c2ccncc12.O=C1CCc2cc(-c3cncc(-c4cc(-c5cc(Cl)ccc5F)nc5ncccc45)c3)cnc2C1. The van der Waals surface area contributed by atoms with Gasteiger partial charge in [0.1, 0.15) is 40.7 Å². The first-order valence-corrected chi connectivity index (χ1v) is 41.6. The number of halogens is 8. The number of benzene rings is 5. The summed E-state index contributed by atoms with van der Waals surface area (Å²) in [4.78, 5) is 78.3. The number of rotatable bonds is 13. The van der Waals surface area contributed by atoms with Gasteiger partial charge in [-0.05, 0) is 252 Å². The standard InChI is InChI=1S/C28H18ClFN4O.C27H20ClFN4.C24H15ClFN5.C22H13ClFN5/c29-20-4-6-25(30)24(10-20)27-12-23(22-2-1-7-32-28(22)34-27)19-9-17(13-31-14-19)18-8-16-3-5-21(35)11-26(16)33-15-18;28-21-6-7-25(29)24(13-21)26-14-23(22-5-2-10-32-27(22)33-26)20-12-19(15-31-16-20)18-4-1-3-17(11-18)8-9-30;25-17-4-5-21(26)20(9-17)22-10-19(18-2-1-7-29-24(18)31-22)16-8-15(11-28-12-16)14-3-6-23(27)30-13-14;23-12-3-4-19(24)16(8-12)20-9-15(14-2-1-6-27-22(14)29-20)17-11-28-21(25)18-10-26-7-5-13(17)18/h1-2,4,6-10,12-15H,3,5,11H2;1-7,10-16H,8-9,30H2;1-13H,(H2,27,30);1-11H,(H2,25,28). The summed E-state index contributed by atoms with van der Waals surface area (Å²) in [5, 5.41) is 6.71. The number of Topliss-reactive ketones (excluding diaryl/α,β-unsaturated/α-hetero) is 1. The van der Waals surface area contributed by atoms with Crippen LogP contribution < -0.4 is 17.2 Å². The summed E-state index contributed by atoms with van der Waals surface area (Å²) in [6.07, 6.45) is 28.4. The van der Waals surface area contributed by atoms with Gasteiger partial charge in [-0.15, -0.1) is 0 Å². The normalized spacial score (nSPS) is 11.7. The number of fused-ring (bicyclic) bond motifs is 6. The summed E-state index contributed by atoms with van der Waals surface area (Å²) >= 11 is 24.5. The van der Waals surface area contributed by atoms with Gasteiger partial charge in [-0.1, -0.05) is 70.7 Å². The molecule has 1 aliphatic carbocycles. The number of aryl methyl sites for hydroxylation is 1. The molecule has 19 nitrogen and oxygen atoms in total. The van der Waals surface area contributed by atoms with Gasteiger partial charge in [-0.3, -0.25) is 29.7 Å². The smallest absolute Gasteiger partial charge is 0.160 e. The van der Waals surface area contributed by atoms with Gasteiger partial charge < -0.3 is 17.2 Å². The average molecular weight is 1770 g/mol. The average Bonchev–Trinajstić information content (AvgIpc) is 0.770. The number of ketones is 1. The number of pyridine rings is 15. The minimum atomic E-state index is -0.410. The van der Waals surface area contributed by atoms with E-state index in [0.717, 1.165) is 128 Å². The zero-order valence-corrected chi connectivity index (χ0v) is 70.3. The van der Waals surface area contributed by atoms with Gasteiger partial charge in [0.25, 0.3) is 0 Å². The summed E-state index contributed by atoms with van der Waals surface area (Å²) in [7, 11) is 0. The number of hydrogen-bond acceptors (Lipinski definition) is 19. The van der Waals surface area contributed by atoms with Crippen molar-refractivity contribution >= 4 is 119 Å². The molecule has 5 aromatic carbocycles. The number of carbonyl (C=O) groups excluding carboxylic acids is 1. The molecule has 0 bridgehead atoms. The highest BCUT2D eigenvalue weighted by Gasteiger charge is 2.23. The van der Waals surface area contributed by atoms with Crippen LogP contribution >= 0.6 is 46.4 Å². The number of aromatic nitrogens is 15. The number of nitrogens with zero attached hydrogens (tertiary/aromatic N) is 15. The Hall–Kier alpha value is -15.2. The van der Waals surface area contributed by atoms with Gasteiger partial charge in [-0.25, -0.2) is 67.4 Å². The van der Waals surface area contributed by atoms with Crippen molar-refractivity contribution in [3.63, 3.8) is 0 Å². The maximum absolute atomic E-state index is 14.7. The molecule has 0 spiro atoms. The fourth-order valence-electron chi connectivity index (χ4n) is 15.3. The van der Waals surface area contributed by atoms with E-state index in [0.29, 0.717) is 125 Å². The number of hydrogen-bond donors (Lipinski definition) is 3. The van der Waals surface area contributed by atoms with Gasteiger partial charge in [0.15, 0.2) is 22.6 Å². The van der Waals surface area contributed by atoms with Crippen LogP contribution in [0.15, 0.2) is 305 Å². The zero-order valence-electron chi connectivity index (χ0n) is 67.3. The fourth-order valence-corrected chi connectivity index (χ4v) is 16.0. The Labute approximate surface area is 748 Å². The minimum Gasteiger partial charge on any atom is -0.384 e. The van der Waals surface area contributed by atoms with Gasteiger partial charge >= 0.3 is 0 Å². The van der Waals surface area contributed by atoms with Crippen molar-refractivity contribution in [1.82, 2.24) is 74.8 Å². The Morgan fingerprint density at radius 2 is 0.727 bits per heavy atom. The molecule has 0 saturated carbocycles. The van der Waals surface area contributed by atoms with Crippen LogP contribution in [0.25, 0.3) is 178 Å².